The van der Waals surface area contributed by atoms with Crippen LogP contribution in [-0.2, 0) is 0 Å². The highest BCUT2D eigenvalue weighted by atomic mass is 15.2. The molecule has 2 heteroatoms. The van der Waals surface area contributed by atoms with Crippen LogP contribution in [0.1, 0.15) is 58.8 Å². The number of rotatable bonds is 11. The standard InChI is InChI=1S/C14H30N2/c1-3-5-12-16(14-8-9-14)13-7-6-11-15-10-4-2/h14-15H,3-13H2,1-2H3. The van der Waals surface area contributed by atoms with E-state index in [9.17, 15) is 0 Å². The molecule has 0 bridgehead atoms. The molecule has 1 aliphatic rings. The van der Waals surface area contributed by atoms with Gasteiger partial charge in [-0.1, -0.05) is 20.3 Å². The molecule has 1 fully saturated rings. The maximum atomic E-state index is 3.48. The number of hydrogen-bond donors (Lipinski definition) is 1. The Morgan fingerprint density at radius 1 is 0.938 bits per heavy atom. The summed E-state index contributed by atoms with van der Waals surface area (Å²) in [5.74, 6) is 0. The van der Waals surface area contributed by atoms with Crippen molar-refractivity contribution < 1.29 is 0 Å². The van der Waals surface area contributed by atoms with Gasteiger partial charge in [-0.25, -0.2) is 0 Å². The Bertz CT molecular complexity index is 155. The smallest absolute Gasteiger partial charge is 0.00964 e. The number of nitrogens with zero attached hydrogens (tertiary/aromatic N) is 1. The predicted molar refractivity (Wildman–Crippen MR) is 71.9 cm³/mol. The van der Waals surface area contributed by atoms with Gasteiger partial charge in [0.15, 0.2) is 0 Å². The maximum absolute atomic E-state index is 3.48. The lowest BCUT2D eigenvalue weighted by molar-refractivity contribution is 0.253. The van der Waals surface area contributed by atoms with Gasteiger partial charge in [-0.3, -0.25) is 0 Å². The summed E-state index contributed by atoms with van der Waals surface area (Å²) in [5, 5.41) is 3.48. The van der Waals surface area contributed by atoms with Gasteiger partial charge < -0.3 is 10.2 Å². The summed E-state index contributed by atoms with van der Waals surface area (Å²) in [5.41, 5.74) is 0. The molecule has 0 aliphatic heterocycles. The molecular weight excluding hydrogens is 196 g/mol. The third-order valence-electron chi connectivity index (χ3n) is 3.34. The molecule has 1 rings (SSSR count). The molecule has 0 aromatic carbocycles. The van der Waals surface area contributed by atoms with Crippen LogP contribution in [0.25, 0.3) is 0 Å². The second kappa shape index (κ2) is 9.00. The van der Waals surface area contributed by atoms with Crippen LogP contribution in [0.5, 0.6) is 0 Å². The lowest BCUT2D eigenvalue weighted by Gasteiger charge is -2.21. The van der Waals surface area contributed by atoms with Crippen molar-refractivity contribution in [3.8, 4) is 0 Å². The van der Waals surface area contributed by atoms with Crippen LogP contribution in [0.4, 0.5) is 0 Å². The van der Waals surface area contributed by atoms with Gasteiger partial charge in [-0.15, -0.1) is 0 Å². The predicted octanol–water partition coefficient (Wildman–Crippen LogP) is 3.03. The Morgan fingerprint density at radius 2 is 1.69 bits per heavy atom. The molecule has 1 N–H and O–H groups in total. The highest BCUT2D eigenvalue weighted by Gasteiger charge is 2.27. The third kappa shape index (κ3) is 6.49. The second-order valence-electron chi connectivity index (χ2n) is 5.08. The fourth-order valence-corrected chi connectivity index (χ4v) is 2.14. The molecule has 0 heterocycles. The van der Waals surface area contributed by atoms with E-state index in [1.165, 1.54) is 71.1 Å². The van der Waals surface area contributed by atoms with Crippen LogP contribution in [-0.4, -0.2) is 37.1 Å². The van der Waals surface area contributed by atoms with Crippen LogP contribution in [0.2, 0.25) is 0 Å². The van der Waals surface area contributed by atoms with E-state index in [0.29, 0.717) is 0 Å². The summed E-state index contributed by atoms with van der Waals surface area (Å²) >= 11 is 0. The first kappa shape index (κ1) is 14.0. The SMILES string of the molecule is CCCCN(CCCCNCCC)C1CC1. The van der Waals surface area contributed by atoms with Gasteiger partial charge in [-0.2, -0.15) is 0 Å². The summed E-state index contributed by atoms with van der Waals surface area (Å²) in [7, 11) is 0. The van der Waals surface area contributed by atoms with Gasteiger partial charge in [0.25, 0.3) is 0 Å². The molecule has 16 heavy (non-hydrogen) atoms. The summed E-state index contributed by atoms with van der Waals surface area (Å²) < 4.78 is 0. The largest absolute Gasteiger partial charge is 0.317 e. The summed E-state index contributed by atoms with van der Waals surface area (Å²) in [6.45, 7) is 9.58. The molecule has 1 aliphatic carbocycles. The van der Waals surface area contributed by atoms with E-state index < -0.39 is 0 Å². The second-order valence-corrected chi connectivity index (χ2v) is 5.08. The minimum Gasteiger partial charge on any atom is -0.317 e. The lowest BCUT2D eigenvalue weighted by atomic mass is 10.2. The Morgan fingerprint density at radius 3 is 2.31 bits per heavy atom. The number of unbranched alkanes of at least 4 members (excludes halogenated alkanes) is 2. The fourth-order valence-electron chi connectivity index (χ4n) is 2.14. The summed E-state index contributed by atoms with van der Waals surface area (Å²) in [6, 6.07) is 0.954. The summed E-state index contributed by atoms with van der Waals surface area (Å²) in [4.78, 5) is 2.73. The maximum Gasteiger partial charge on any atom is 0.00964 e. The number of hydrogen-bond acceptors (Lipinski definition) is 2. The van der Waals surface area contributed by atoms with E-state index in [1.54, 1.807) is 0 Å². The van der Waals surface area contributed by atoms with Gasteiger partial charge in [-0.05, 0) is 64.7 Å². The van der Waals surface area contributed by atoms with Crippen LogP contribution in [0, 0.1) is 0 Å². The molecule has 96 valence electrons. The van der Waals surface area contributed by atoms with Crippen molar-refractivity contribution in [1.29, 1.82) is 0 Å². The third-order valence-corrected chi connectivity index (χ3v) is 3.34. The normalized spacial score (nSPS) is 15.9. The first-order valence-electron chi connectivity index (χ1n) is 7.33. The molecule has 0 atom stereocenters. The molecule has 0 saturated heterocycles. The van der Waals surface area contributed by atoms with Crippen LogP contribution >= 0.6 is 0 Å². The Kier molecular flexibility index (Phi) is 7.87. The van der Waals surface area contributed by atoms with E-state index in [1.807, 2.05) is 0 Å². The average molecular weight is 226 g/mol. The summed E-state index contributed by atoms with van der Waals surface area (Å²) in [6.07, 6.45) is 9.60. The molecule has 1 saturated carbocycles. The molecule has 0 unspecified atom stereocenters. The zero-order valence-electron chi connectivity index (χ0n) is 11.3. The van der Waals surface area contributed by atoms with Crippen molar-refractivity contribution in [3.05, 3.63) is 0 Å². The first-order chi connectivity index (χ1) is 7.88. The molecule has 2 nitrogen and oxygen atoms in total. The minimum absolute atomic E-state index is 0.954. The zero-order chi connectivity index (χ0) is 11.6. The topological polar surface area (TPSA) is 15.3 Å². The van der Waals surface area contributed by atoms with Crippen LogP contribution in [0.3, 0.4) is 0 Å². The first-order valence-corrected chi connectivity index (χ1v) is 7.33. The van der Waals surface area contributed by atoms with Gasteiger partial charge in [0.05, 0.1) is 0 Å². The van der Waals surface area contributed by atoms with Gasteiger partial charge in [0.2, 0.25) is 0 Å². The molecule has 0 radical (unpaired) electrons. The van der Waals surface area contributed by atoms with Crippen molar-refractivity contribution in [3.63, 3.8) is 0 Å². The monoisotopic (exact) mass is 226 g/mol. The quantitative estimate of drug-likeness (QED) is 0.545. The van der Waals surface area contributed by atoms with Gasteiger partial charge in [0, 0.05) is 6.04 Å². The van der Waals surface area contributed by atoms with E-state index in [-0.39, 0.29) is 0 Å². The van der Waals surface area contributed by atoms with Crippen molar-refractivity contribution >= 4 is 0 Å². The van der Waals surface area contributed by atoms with E-state index in [0.717, 1.165) is 6.04 Å². The van der Waals surface area contributed by atoms with Gasteiger partial charge >= 0.3 is 0 Å². The Hall–Kier alpha value is -0.0800. The molecular formula is C14H30N2. The van der Waals surface area contributed by atoms with Gasteiger partial charge in [0.1, 0.15) is 0 Å². The van der Waals surface area contributed by atoms with Crippen molar-refractivity contribution in [2.75, 3.05) is 26.2 Å². The highest BCUT2D eigenvalue weighted by molar-refractivity contribution is 4.84. The van der Waals surface area contributed by atoms with Crippen molar-refractivity contribution in [1.82, 2.24) is 10.2 Å². The van der Waals surface area contributed by atoms with E-state index >= 15 is 0 Å². The fraction of sp³-hybridized carbons (Fsp3) is 1.00. The zero-order valence-corrected chi connectivity index (χ0v) is 11.3. The number of nitrogens with one attached hydrogen (secondary N) is 1. The molecule has 0 spiro atoms. The molecule has 0 amide bonds. The minimum atomic E-state index is 0.954. The Balaban J connectivity index is 1.95. The van der Waals surface area contributed by atoms with Crippen molar-refractivity contribution in [2.24, 2.45) is 0 Å². The molecule has 0 aromatic rings. The molecule has 0 aromatic heterocycles. The van der Waals surface area contributed by atoms with Crippen LogP contribution < -0.4 is 5.32 Å². The average Bonchev–Trinajstić information content (AvgIpc) is 3.11. The van der Waals surface area contributed by atoms with E-state index in [2.05, 4.69) is 24.1 Å². The lowest BCUT2D eigenvalue weighted by Crippen LogP contribution is -2.29. The van der Waals surface area contributed by atoms with Crippen LogP contribution in [0.15, 0.2) is 0 Å². The highest BCUT2D eigenvalue weighted by Crippen LogP contribution is 2.27. The Labute approximate surface area is 102 Å². The van der Waals surface area contributed by atoms with E-state index in [4.69, 9.17) is 0 Å². The van der Waals surface area contributed by atoms with Crippen molar-refractivity contribution in [2.45, 2.75) is 64.8 Å².